The number of hydrogen-bond donors (Lipinski definition) is 2. The minimum atomic E-state index is -0.662. The van der Waals surface area contributed by atoms with Crippen LogP contribution in [0, 0.1) is 35.5 Å². The SMILES string of the molecule is CCCCCC1C=CC2C(C=CC(CCCCCCCC(=O)O)C2CCCCCCCCOO)C1CCCCC. The third-order valence-corrected chi connectivity index (χ3v) is 9.93. The number of carbonyl (C=O) groups is 1. The Hall–Kier alpha value is -1.13. The zero-order chi connectivity index (χ0) is 28.8. The first-order valence-electron chi connectivity index (χ1n) is 17.5. The molecule has 0 amide bonds. The summed E-state index contributed by atoms with van der Waals surface area (Å²) in [6.45, 7) is 5.11. The molecule has 232 valence electrons. The molecule has 0 aromatic rings. The molecule has 0 heterocycles. The van der Waals surface area contributed by atoms with Gasteiger partial charge in [-0.15, -0.1) is 0 Å². The van der Waals surface area contributed by atoms with Gasteiger partial charge in [-0.1, -0.05) is 134 Å². The molecule has 0 aliphatic heterocycles. The van der Waals surface area contributed by atoms with Crippen molar-refractivity contribution in [2.45, 2.75) is 155 Å². The molecule has 0 saturated heterocycles. The zero-order valence-electron chi connectivity index (χ0n) is 26.2. The molecular weight excluding hydrogens is 496 g/mol. The van der Waals surface area contributed by atoms with Crippen LogP contribution in [0.1, 0.15) is 155 Å². The van der Waals surface area contributed by atoms with Crippen molar-refractivity contribution in [3.8, 4) is 0 Å². The van der Waals surface area contributed by atoms with Gasteiger partial charge in [0.1, 0.15) is 0 Å². The average molecular weight is 561 g/mol. The summed E-state index contributed by atoms with van der Waals surface area (Å²) in [5.74, 6) is 3.82. The predicted molar refractivity (Wildman–Crippen MR) is 168 cm³/mol. The Kier molecular flexibility index (Phi) is 19.7. The monoisotopic (exact) mass is 560 g/mol. The minimum Gasteiger partial charge on any atom is -0.481 e. The van der Waals surface area contributed by atoms with Gasteiger partial charge in [-0.25, -0.2) is 4.89 Å². The second kappa shape index (κ2) is 22.5. The average Bonchev–Trinajstić information content (AvgIpc) is 2.95. The number of aliphatic carboxylic acids is 1. The fraction of sp³-hybridized carbons (Fsp3) is 0.861. The largest absolute Gasteiger partial charge is 0.481 e. The lowest BCUT2D eigenvalue weighted by Gasteiger charge is -2.46. The summed E-state index contributed by atoms with van der Waals surface area (Å²) in [7, 11) is 0. The van der Waals surface area contributed by atoms with Crippen LogP contribution < -0.4 is 0 Å². The first kappa shape index (κ1) is 35.1. The quantitative estimate of drug-likeness (QED) is 0.0504. The number of allylic oxidation sites excluding steroid dienone is 4. The Morgan fingerprint density at radius 1 is 0.575 bits per heavy atom. The molecule has 0 aromatic carbocycles. The smallest absolute Gasteiger partial charge is 0.303 e. The van der Waals surface area contributed by atoms with Gasteiger partial charge < -0.3 is 5.11 Å². The first-order valence-corrected chi connectivity index (χ1v) is 17.5. The van der Waals surface area contributed by atoms with Gasteiger partial charge in [-0.2, -0.15) is 0 Å². The van der Waals surface area contributed by atoms with Gasteiger partial charge in [0, 0.05) is 6.42 Å². The summed E-state index contributed by atoms with van der Waals surface area (Å²) in [6.07, 6.45) is 37.3. The first-order chi connectivity index (χ1) is 19.6. The normalized spacial score (nSPS) is 25.8. The van der Waals surface area contributed by atoms with E-state index >= 15 is 0 Å². The van der Waals surface area contributed by atoms with E-state index in [0.29, 0.717) is 24.9 Å². The molecule has 2 N–H and O–H groups in total. The fourth-order valence-electron chi connectivity index (χ4n) is 7.65. The van der Waals surface area contributed by atoms with Gasteiger partial charge in [0.15, 0.2) is 0 Å². The maximum atomic E-state index is 10.8. The fourth-order valence-corrected chi connectivity index (χ4v) is 7.65. The molecule has 0 fully saturated rings. The highest BCUT2D eigenvalue weighted by Gasteiger charge is 2.41. The van der Waals surface area contributed by atoms with Crippen molar-refractivity contribution in [3.63, 3.8) is 0 Å². The van der Waals surface area contributed by atoms with E-state index in [1.165, 1.54) is 109 Å². The lowest BCUT2D eigenvalue weighted by atomic mass is 9.58. The van der Waals surface area contributed by atoms with Crippen LogP contribution in [-0.4, -0.2) is 22.9 Å². The van der Waals surface area contributed by atoms with Crippen molar-refractivity contribution < 1.29 is 20.0 Å². The predicted octanol–water partition coefficient (Wildman–Crippen LogP) is 11.0. The lowest BCUT2D eigenvalue weighted by Crippen LogP contribution is -2.39. The number of unbranched alkanes of at least 4 members (excludes halogenated alkanes) is 13. The van der Waals surface area contributed by atoms with Crippen LogP contribution in [0.25, 0.3) is 0 Å². The Bertz CT molecular complexity index is 686. The van der Waals surface area contributed by atoms with Crippen molar-refractivity contribution >= 4 is 5.97 Å². The van der Waals surface area contributed by atoms with E-state index in [9.17, 15) is 4.79 Å². The van der Waals surface area contributed by atoms with Crippen LogP contribution >= 0.6 is 0 Å². The van der Waals surface area contributed by atoms with E-state index in [2.05, 4.69) is 43.0 Å². The molecule has 0 saturated carbocycles. The van der Waals surface area contributed by atoms with Crippen molar-refractivity contribution in [1.82, 2.24) is 0 Å². The van der Waals surface area contributed by atoms with E-state index in [0.717, 1.165) is 49.4 Å². The van der Waals surface area contributed by atoms with Crippen molar-refractivity contribution in [2.75, 3.05) is 6.61 Å². The van der Waals surface area contributed by atoms with E-state index in [1.54, 1.807) is 0 Å². The molecular formula is C36H64O4. The van der Waals surface area contributed by atoms with Gasteiger partial charge >= 0.3 is 5.97 Å². The number of fused-ring (bicyclic) bond motifs is 1. The molecule has 0 bridgehead atoms. The van der Waals surface area contributed by atoms with Crippen LogP contribution in [0.2, 0.25) is 0 Å². The van der Waals surface area contributed by atoms with Crippen LogP contribution in [-0.2, 0) is 9.68 Å². The zero-order valence-corrected chi connectivity index (χ0v) is 26.2. The molecule has 6 unspecified atom stereocenters. The molecule has 4 nitrogen and oxygen atoms in total. The van der Waals surface area contributed by atoms with Gasteiger partial charge in [0.2, 0.25) is 0 Å². The number of carboxylic acid groups (broad SMARTS) is 1. The summed E-state index contributed by atoms with van der Waals surface area (Å²) in [5, 5.41) is 17.4. The molecule has 2 aliphatic carbocycles. The van der Waals surface area contributed by atoms with Gasteiger partial charge in [0.05, 0.1) is 6.61 Å². The third-order valence-electron chi connectivity index (χ3n) is 9.93. The maximum absolute atomic E-state index is 10.8. The highest BCUT2D eigenvalue weighted by Crippen LogP contribution is 2.50. The van der Waals surface area contributed by atoms with E-state index in [1.807, 2.05) is 0 Å². The highest BCUT2D eigenvalue weighted by atomic mass is 17.1. The Morgan fingerprint density at radius 2 is 1.00 bits per heavy atom. The number of rotatable bonds is 25. The van der Waals surface area contributed by atoms with Crippen LogP contribution in [0.15, 0.2) is 24.3 Å². The number of carboxylic acids is 1. The summed E-state index contributed by atoms with van der Waals surface area (Å²) >= 11 is 0. The summed E-state index contributed by atoms with van der Waals surface area (Å²) in [6, 6.07) is 0. The topological polar surface area (TPSA) is 66.8 Å². The van der Waals surface area contributed by atoms with Crippen LogP contribution in [0.5, 0.6) is 0 Å². The lowest BCUT2D eigenvalue weighted by molar-refractivity contribution is -0.242. The van der Waals surface area contributed by atoms with Gasteiger partial charge in [-0.05, 0) is 74.0 Å². The Morgan fingerprint density at radius 3 is 1.50 bits per heavy atom. The Balaban J connectivity index is 2.00. The van der Waals surface area contributed by atoms with Gasteiger partial charge in [-0.3, -0.25) is 10.1 Å². The standard InChI is InChI=1S/C36H64O4/c1-3-5-14-20-30-25-27-35-33(23-17-11-7-8-13-19-29-40-39)31(21-16-10-9-12-18-24-36(37)38)26-28-34(35)32(30)22-15-6-4-2/h25-28,30-35,39H,3-24,29H2,1-2H3,(H,37,38). The summed E-state index contributed by atoms with van der Waals surface area (Å²) in [4.78, 5) is 15.0. The van der Waals surface area contributed by atoms with Crippen molar-refractivity contribution in [2.24, 2.45) is 35.5 Å². The van der Waals surface area contributed by atoms with Crippen molar-refractivity contribution in [3.05, 3.63) is 24.3 Å². The molecule has 6 atom stereocenters. The molecule has 4 heteroatoms. The molecule has 40 heavy (non-hydrogen) atoms. The maximum Gasteiger partial charge on any atom is 0.303 e. The molecule has 0 radical (unpaired) electrons. The third kappa shape index (κ3) is 13.7. The Labute approximate surface area is 247 Å². The number of hydrogen-bond acceptors (Lipinski definition) is 3. The molecule has 0 aromatic heterocycles. The molecule has 2 aliphatic rings. The highest BCUT2D eigenvalue weighted by molar-refractivity contribution is 5.66. The van der Waals surface area contributed by atoms with Crippen LogP contribution in [0.3, 0.4) is 0 Å². The van der Waals surface area contributed by atoms with E-state index in [4.69, 9.17) is 10.4 Å². The van der Waals surface area contributed by atoms with E-state index < -0.39 is 5.97 Å². The molecule has 2 rings (SSSR count). The summed E-state index contributed by atoms with van der Waals surface area (Å²) in [5.41, 5.74) is 0. The second-order valence-electron chi connectivity index (χ2n) is 13.0. The van der Waals surface area contributed by atoms with Crippen LogP contribution in [0.4, 0.5) is 0 Å². The van der Waals surface area contributed by atoms with E-state index in [-0.39, 0.29) is 0 Å². The van der Waals surface area contributed by atoms with Gasteiger partial charge in [0.25, 0.3) is 0 Å². The minimum absolute atomic E-state index is 0.316. The summed E-state index contributed by atoms with van der Waals surface area (Å²) < 4.78 is 0. The van der Waals surface area contributed by atoms with Crippen molar-refractivity contribution in [1.29, 1.82) is 0 Å². The second-order valence-corrected chi connectivity index (χ2v) is 13.0. The molecule has 0 spiro atoms.